The van der Waals surface area contributed by atoms with Gasteiger partial charge in [-0.05, 0) is 25.1 Å². The molecule has 0 saturated heterocycles. The summed E-state index contributed by atoms with van der Waals surface area (Å²) < 4.78 is 4.87. The van der Waals surface area contributed by atoms with E-state index < -0.39 is 6.04 Å². The number of carbonyl (C=O) groups is 1. The van der Waals surface area contributed by atoms with Crippen molar-refractivity contribution in [2.24, 2.45) is 5.73 Å². The third-order valence-corrected chi connectivity index (χ3v) is 2.88. The van der Waals surface area contributed by atoms with Crippen LogP contribution in [-0.2, 0) is 9.53 Å². The molecule has 1 atom stereocenters. The summed E-state index contributed by atoms with van der Waals surface area (Å²) in [6.45, 7) is 2.01. The zero-order chi connectivity index (χ0) is 15.2. The number of nitrogens with zero attached hydrogens (tertiary/aromatic N) is 2. The fourth-order valence-electron chi connectivity index (χ4n) is 1.86. The van der Waals surface area contributed by atoms with Gasteiger partial charge in [0.15, 0.2) is 0 Å². The molecule has 6 nitrogen and oxygen atoms in total. The van der Waals surface area contributed by atoms with Crippen LogP contribution in [0.15, 0.2) is 36.5 Å². The summed E-state index contributed by atoms with van der Waals surface area (Å²) in [6, 6.07) is 8.55. The molecule has 0 spiro atoms. The first-order chi connectivity index (χ1) is 10.1. The Hall–Kier alpha value is -2.31. The first-order valence-corrected chi connectivity index (χ1v) is 6.55. The highest BCUT2D eigenvalue weighted by Gasteiger charge is 2.13. The van der Waals surface area contributed by atoms with Crippen LogP contribution in [0.4, 0.5) is 5.69 Å². The molecule has 0 aliphatic heterocycles. The first-order valence-electron chi connectivity index (χ1n) is 6.55. The molecule has 21 heavy (non-hydrogen) atoms. The Labute approximate surface area is 123 Å². The maximum absolute atomic E-state index is 11.9. The van der Waals surface area contributed by atoms with Gasteiger partial charge in [0, 0.05) is 24.6 Å². The number of hydrogen-bond donors (Lipinski definition) is 2. The summed E-state index contributed by atoms with van der Waals surface area (Å²) >= 11 is 0. The molecule has 0 radical (unpaired) electrons. The van der Waals surface area contributed by atoms with E-state index in [9.17, 15) is 4.79 Å². The molecule has 6 heteroatoms. The number of aryl methyl sites for hydroxylation is 1. The van der Waals surface area contributed by atoms with E-state index in [0.29, 0.717) is 11.5 Å². The van der Waals surface area contributed by atoms with Crippen LogP contribution in [0.2, 0.25) is 0 Å². The van der Waals surface area contributed by atoms with Gasteiger partial charge in [-0.3, -0.25) is 4.79 Å². The van der Waals surface area contributed by atoms with Crippen molar-refractivity contribution in [2.75, 3.05) is 19.0 Å². The Balaban J connectivity index is 2.16. The highest BCUT2D eigenvalue weighted by molar-refractivity contribution is 5.95. The van der Waals surface area contributed by atoms with Crippen LogP contribution in [0, 0.1) is 6.92 Å². The summed E-state index contributed by atoms with van der Waals surface area (Å²) in [5.74, 6) is 0.414. The van der Waals surface area contributed by atoms with Crippen LogP contribution in [0.3, 0.4) is 0 Å². The van der Waals surface area contributed by atoms with E-state index in [1.807, 2.05) is 31.2 Å². The van der Waals surface area contributed by atoms with Crippen LogP contribution >= 0.6 is 0 Å². The van der Waals surface area contributed by atoms with Gasteiger partial charge in [0.2, 0.25) is 5.91 Å². The van der Waals surface area contributed by atoms with Gasteiger partial charge in [0.25, 0.3) is 0 Å². The minimum absolute atomic E-state index is 0.177. The van der Waals surface area contributed by atoms with Crippen LogP contribution in [0.1, 0.15) is 5.82 Å². The van der Waals surface area contributed by atoms with E-state index in [1.165, 1.54) is 7.11 Å². The Bertz CT molecular complexity index is 631. The molecule has 1 amide bonds. The topological polar surface area (TPSA) is 90.1 Å². The number of methoxy groups -OCH3 is 1. The highest BCUT2D eigenvalue weighted by Crippen LogP contribution is 2.20. The first kappa shape index (κ1) is 15.1. The molecule has 0 saturated carbocycles. The third-order valence-electron chi connectivity index (χ3n) is 2.88. The molecule has 0 bridgehead atoms. The van der Waals surface area contributed by atoms with Gasteiger partial charge in [0.05, 0.1) is 12.3 Å². The van der Waals surface area contributed by atoms with Crippen LogP contribution in [0.25, 0.3) is 11.3 Å². The Morgan fingerprint density at radius 1 is 1.43 bits per heavy atom. The van der Waals surface area contributed by atoms with E-state index in [2.05, 4.69) is 15.3 Å². The molecule has 2 aromatic rings. The predicted octanol–water partition coefficient (Wildman–Crippen LogP) is 1.36. The van der Waals surface area contributed by atoms with Crippen LogP contribution in [0.5, 0.6) is 0 Å². The molecule has 1 aromatic heterocycles. The van der Waals surface area contributed by atoms with Gasteiger partial charge in [-0.1, -0.05) is 12.1 Å². The van der Waals surface area contributed by atoms with Crippen molar-refractivity contribution < 1.29 is 9.53 Å². The molecule has 0 aliphatic rings. The third kappa shape index (κ3) is 4.08. The number of amides is 1. The zero-order valence-electron chi connectivity index (χ0n) is 12.0. The Morgan fingerprint density at radius 3 is 2.95 bits per heavy atom. The number of ether oxygens (including phenoxy) is 1. The number of benzene rings is 1. The summed E-state index contributed by atoms with van der Waals surface area (Å²) in [5, 5.41) is 2.76. The second-order valence-corrected chi connectivity index (χ2v) is 4.62. The van der Waals surface area contributed by atoms with Gasteiger partial charge < -0.3 is 15.8 Å². The fraction of sp³-hybridized carbons (Fsp3) is 0.267. The maximum Gasteiger partial charge on any atom is 0.243 e. The molecular formula is C15H18N4O2. The number of anilines is 1. The number of nitrogens with two attached hydrogens (primary N) is 1. The highest BCUT2D eigenvalue weighted by atomic mass is 16.5. The normalized spacial score (nSPS) is 12.0. The lowest BCUT2D eigenvalue weighted by molar-refractivity contribution is -0.118. The van der Waals surface area contributed by atoms with Crippen molar-refractivity contribution in [3.8, 4) is 11.3 Å². The lowest BCUT2D eigenvalue weighted by atomic mass is 10.1. The van der Waals surface area contributed by atoms with Crippen molar-refractivity contribution in [3.05, 3.63) is 42.4 Å². The van der Waals surface area contributed by atoms with Gasteiger partial charge >= 0.3 is 0 Å². The average molecular weight is 286 g/mol. The van der Waals surface area contributed by atoms with Crippen molar-refractivity contribution in [2.45, 2.75) is 13.0 Å². The van der Waals surface area contributed by atoms with Gasteiger partial charge in [0.1, 0.15) is 11.9 Å². The molecule has 110 valence electrons. The summed E-state index contributed by atoms with van der Waals surface area (Å²) in [6.07, 6.45) is 1.71. The second kappa shape index (κ2) is 6.92. The molecule has 1 unspecified atom stereocenters. The summed E-state index contributed by atoms with van der Waals surface area (Å²) in [5.41, 5.74) is 8.06. The molecule has 0 fully saturated rings. The number of hydrogen-bond acceptors (Lipinski definition) is 5. The molecule has 3 N–H and O–H groups in total. The fourth-order valence-corrected chi connectivity index (χ4v) is 1.86. The van der Waals surface area contributed by atoms with E-state index in [1.54, 1.807) is 12.3 Å². The predicted molar refractivity (Wildman–Crippen MR) is 80.7 cm³/mol. The zero-order valence-corrected chi connectivity index (χ0v) is 12.0. The molecular weight excluding hydrogens is 268 g/mol. The molecule has 1 aromatic carbocycles. The van der Waals surface area contributed by atoms with Crippen molar-refractivity contribution >= 4 is 11.6 Å². The minimum atomic E-state index is -0.694. The van der Waals surface area contributed by atoms with Crippen molar-refractivity contribution in [3.63, 3.8) is 0 Å². The van der Waals surface area contributed by atoms with Gasteiger partial charge in [-0.25, -0.2) is 9.97 Å². The molecule has 2 rings (SSSR count). The second-order valence-electron chi connectivity index (χ2n) is 4.62. The number of aromatic nitrogens is 2. The van der Waals surface area contributed by atoms with E-state index >= 15 is 0 Å². The molecule has 1 heterocycles. The summed E-state index contributed by atoms with van der Waals surface area (Å²) in [7, 11) is 1.51. The largest absolute Gasteiger partial charge is 0.383 e. The van der Waals surface area contributed by atoms with E-state index in [0.717, 1.165) is 11.3 Å². The summed E-state index contributed by atoms with van der Waals surface area (Å²) in [4.78, 5) is 20.3. The van der Waals surface area contributed by atoms with E-state index in [4.69, 9.17) is 10.5 Å². The van der Waals surface area contributed by atoms with Gasteiger partial charge in [-0.15, -0.1) is 0 Å². The quantitative estimate of drug-likeness (QED) is 0.866. The number of carbonyl (C=O) groups excluding carboxylic acids is 1. The monoisotopic (exact) mass is 286 g/mol. The number of nitrogens with one attached hydrogen (secondary N) is 1. The van der Waals surface area contributed by atoms with E-state index in [-0.39, 0.29) is 12.5 Å². The van der Waals surface area contributed by atoms with Crippen LogP contribution in [-0.4, -0.2) is 35.6 Å². The van der Waals surface area contributed by atoms with Crippen molar-refractivity contribution in [1.82, 2.24) is 9.97 Å². The number of rotatable bonds is 5. The average Bonchev–Trinajstić information content (AvgIpc) is 2.48. The molecule has 0 aliphatic carbocycles. The van der Waals surface area contributed by atoms with Gasteiger partial charge in [-0.2, -0.15) is 0 Å². The van der Waals surface area contributed by atoms with Crippen LogP contribution < -0.4 is 11.1 Å². The standard InChI is InChI=1S/C15H18N4O2/c1-10-17-7-6-14(18-10)11-4-3-5-12(8-11)19-15(20)13(16)9-21-2/h3-8,13H,9,16H2,1-2H3,(H,19,20). The lowest BCUT2D eigenvalue weighted by Gasteiger charge is -2.12. The lowest BCUT2D eigenvalue weighted by Crippen LogP contribution is -2.39. The Kier molecular flexibility index (Phi) is 4.97. The maximum atomic E-state index is 11.9. The smallest absolute Gasteiger partial charge is 0.243 e. The Morgan fingerprint density at radius 2 is 2.24 bits per heavy atom. The minimum Gasteiger partial charge on any atom is -0.383 e. The SMILES string of the molecule is COCC(N)C(=O)Nc1cccc(-c2ccnc(C)n2)c1. The van der Waals surface area contributed by atoms with Crippen molar-refractivity contribution in [1.29, 1.82) is 0 Å².